The topological polar surface area (TPSA) is 67.5 Å². The maximum atomic E-state index is 12.2. The first-order valence-corrected chi connectivity index (χ1v) is 7.79. The first-order valence-electron chi connectivity index (χ1n) is 7.79. The molecule has 3 rings (SSSR count). The quantitative estimate of drug-likeness (QED) is 0.439. The van der Waals surface area contributed by atoms with Gasteiger partial charge in [0.15, 0.2) is 0 Å². The highest BCUT2D eigenvalue weighted by molar-refractivity contribution is 5.99. The van der Waals surface area contributed by atoms with E-state index in [1.807, 2.05) is 73.7 Å². The van der Waals surface area contributed by atoms with Crippen LogP contribution in [0.2, 0.25) is 0 Å². The molecule has 0 spiro atoms. The average Bonchev–Trinajstić information content (AvgIpc) is 2.61. The number of anilines is 1. The first kappa shape index (κ1) is 15.7. The zero-order valence-corrected chi connectivity index (χ0v) is 13.5. The number of fused-ring (bicyclic) bond motifs is 1. The molecule has 4 heteroatoms. The van der Waals surface area contributed by atoms with Gasteiger partial charge in [0.2, 0.25) is 5.91 Å². The number of carbonyl (C=O) groups excluding carboxylic acids is 1. The van der Waals surface area contributed by atoms with Crippen LogP contribution in [0.3, 0.4) is 0 Å². The van der Waals surface area contributed by atoms with Crippen LogP contribution in [0, 0.1) is 0 Å². The van der Waals surface area contributed by atoms with Crippen LogP contribution >= 0.6 is 0 Å². The average molecular weight is 317 g/mol. The van der Waals surface area contributed by atoms with E-state index in [4.69, 9.17) is 5.73 Å². The Kier molecular flexibility index (Phi) is 4.57. The Labute approximate surface area is 141 Å². The number of nitrogens with zero attached hydrogens (tertiary/aromatic N) is 1. The minimum Gasteiger partial charge on any atom is -0.399 e. The normalized spacial score (nSPS) is 11.5. The fourth-order valence-corrected chi connectivity index (χ4v) is 2.59. The van der Waals surface area contributed by atoms with E-state index in [0.717, 1.165) is 27.6 Å². The Balaban J connectivity index is 1.71. The van der Waals surface area contributed by atoms with Gasteiger partial charge in [0.25, 0.3) is 0 Å². The number of nitrogens with one attached hydrogen (secondary N) is 1. The number of amides is 1. The molecular formula is C20H19N3O. The van der Waals surface area contributed by atoms with Crippen molar-refractivity contribution in [3.05, 3.63) is 77.9 Å². The number of hydrazone groups is 1. The van der Waals surface area contributed by atoms with Gasteiger partial charge >= 0.3 is 0 Å². The molecule has 0 radical (unpaired) electrons. The van der Waals surface area contributed by atoms with Gasteiger partial charge in [-0.25, -0.2) is 5.43 Å². The molecule has 3 aromatic carbocycles. The molecule has 0 aromatic heterocycles. The second-order valence-electron chi connectivity index (χ2n) is 5.67. The van der Waals surface area contributed by atoms with Crippen molar-refractivity contribution >= 4 is 28.1 Å². The molecule has 0 aliphatic heterocycles. The van der Waals surface area contributed by atoms with Crippen molar-refractivity contribution in [1.29, 1.82) is 0 Å². The second kappa shape index (κ2) is 6.96. The molecule has 4 nitrogen and oxygen atoms in total. The van der Waals surface area contributed by atoms with E-state index >= 15 is 0 Å². The first-order chi connectivity index (χ1) is 11.6. The van der Waals surface area contributed by atoms with E-state index in [9.17, 15) is 4.79 Å². The summed E-state index contributed by atoms with van der Waals surface area (Å²) in [6.07, 6.45) is 0.292. The van der Waals surface area contributed by atoms with Crippen LogP contribution in [-0.2, 0) is 11.2 Å². The summed E-state index contributed by atoms with van der Waals surface area (Å²) >= 11 is 0. The summed E-state index contributed by atoms with van der Waals surface area (Å²) in [5, 5.41) is 6.40. The molecule has 120 valence electrons. The minimum absolute atomic E-state index is 0.138. The third kappa shape index (κ3) is 3.60. The van der Waals surface area contributed by atoms with E-state index in [1.54, 1.807) is 0 Å². The van der Waals surface area contributed by atoms with Crippen molar-refractivity contribution in [1.82, 2.24) is 5.43 Å². The van der Waals surface area contributed by atoms with Crippen LogP contribution in [0.5, 0.6) is 0 Å². The summed E-state index contributed by atoms with van der Waals surface area (Å²) in [6, 6.07) is 21.4. The van der Waals surface area contributed by atoms with Crippen LogP contribution in [0.15, 0.2) is 71.8 Å². The fourth-order valence-electron chi connectivity index (χ4n) is 2.59. The fraction of sp³-hybridized carbons (Fsp3) is 0.100. The van der Waals surface area contributed by atoms with Crippen LogP contribution in [0.1, 0.15) is 18.1 Å². The van der Waals surface area contributed by atoms with Crippen LogP contribution < -0.4 is 11.2 Å². The monoisotopic (exact) mass is 317 g/mol. The van der Waals surface area contributed by atoms with Gasteiger partial charge in [-0.3, -0.25) is 4.79 Å². The molecule has 0 unspecified atom stereocenters. The number of hydrogen-bond acceptors (Lipinski definition) is 3. The van der Waals surface area contributed by atoms with Crippen molar-refractivity contribution < 1.29 is 4.79 Å². The molecule has 1 amide bonds. The molecule has 24 heavy (non-hydrogen) atoms. The summed E-state index contributed by atoms with van der Waals surface area (Å²) < 4.78 is 0. The van der Waals surface area contributed by atoms with E-state index in [0.29, 0.717) is 12.1 Å². The van der Waals surface area contributed by atoms with Crippen molar-refractivity contribution in [2.24, 2.45) is 5.10 Å². The number of hydrogen-bond donors (Lipinski definition) is 2. The second-order valence-corrected chi connectivity index (χ2v) is 5.67. The summed E-state index contributed by atoms with van der Waals surface area (Å²) in [5.74, 6) is -0.138. The largest absolute Gasteiger partial charge is 0.399 e. The molecule has 0 heterocycles. The third-order valence-corrected chi connectivity index (χ3v) is 3.91. The zero-order chi connectivity index (χ0) is 16.9. The van der Waals surface area contributed by atoms with Crippen LogP contribution in [0.25, 0.3) is 10.8 Å². The number of nitrogens with two attached hydrogens (primary N) is 1. The number of nitrogen functional groups attached to an aromatic ring is 1. The summed E-state index contributed by atoms with van der Waals surface area (Å²) in [7, 11) is 0. The van der Waals surface area contributed by atoms with Gasteiger partial charge < -0.3 is 5.73 Å². The zero-order valence-electron chi connectivity index (χ0n) is 13.5. The van der Waals surface area contributed by atoms with Crippen LogP contribution in [0.4, 0.5) is 5.69 Å². The molecule has 0 aliphatic rings. The van der Waals surface area contributed by atoms with E-state index in [1.165, 1.54) is 0 Å². The van der Waals surface area contributed by atoms with Gasteiger partial charge in [0, 0.05) is 5.69 Å². The molecule has 3 N–H and O–H groups in total. The Morgan fingerprint density at radius 2 is 1.71 bits per heavy atom. The van der Waals surface area contributed by atoms with Crippen molar-refractivity contribution in [2.75, 3.05) is 5.73 Å². The number of benzene rings is 3. The van der Waals surface area contributed by atoms with E-state index in [-0.39, 0.29) is 5.91 Å². The predicted octanol–water partition coefficient (Wildman–Crippen LogP) is 3.50. The van der Waals surface area contributed by atoms with E-state index in [2.05, 4.69) is 10.5 Å². The molecule has 0 saturated carbocycles. The summed E-state index contributed by atoms with van der Waals surface area (Å²) in [4.78, 5) is 12.2. The lowest BCUT2D eigenvalue weighted by molar-refractivity contribution is -0.120. The highest BCUT2D eigenvalue weighted by Gasteiger charge is 2.06. The molecule has 0 aliphatic carbocycles. The maximum absolute atomic E-state index is 12.2. The summed E-state index contributed by atoms with van der Waals surface area (Å²) in [6.45, 7) is 1.85. The van der Waals surface area contributed by atoms with Crippen molar-refractivity contribution in [2.45, 2.75) is 13.3 Å². The van der Waals surface area contributed by atoms with Crippen molar-refractivity contribution in [3.63, 3.8) is 0 Å². The highest BCUT2D eigenvalue weighted by atomic mass is 16.2. The highest BCUT2D eigenvalue weighted by Crippen LogP contribution is 2.18. The van der Waals surface area contributed by atoms with Gasteiger partial charge in [-0.1, -0.05) is 54.6 Å². The van der Waals surface area contributed by atoms with Gasteiger partial charge in [-0.15, -0.1) is 0 Å². The Morgan fingerprint density at radius 3 is 2.50 bits per heavy atom. The number of carbonyl (C=O) groups is 1. The lowest BCUT2D eigenvalue weighted by atomic mass is 10.0. The minimum atomic E-state index is -0.138. The lowest BCUT2D eigenvalue weighted by Crippen LogP contribution is -2.21. The molecule has 0 atom stereocenters. The van der Waals surface area contributed by atoms with Gasteiger partial charge in [0.05, 0.1) is 12.1 Å². The molecular weight excluding hydrogens is 298 g/mol. The summed E-state index contributed by atoms with van der Waals surface area (Å²) in [5.41, 5.74) is 11.7. The Morgan fingerprint density at radius 1 is 1.00 bits per heavy atom. The van der Waals surface area contributed by atoms with Gasteiger partial charge in [-0.2, -0.15) is 5.10 Å². The van der Waals surface area contributed by atoms with Gasteiger partial charge in [-0.05, 0) is 41.0 Å². The lowest BCUT2D eigenvalue weighted by Gasteiger charge is -2.06. The third-order valence-electron chi connectivity index (χ3n) is 3.91. The smallest absolute Gasteiger partial charge is 0.244 e. The SMILES string of the molecule is C/C(=N\NC(=O)Cc1cccc2ccccc12)c1ccc(N)cc1. The molecule has 0 fully saturated rings. The number of rotatable bonds is 4. The molecule has 0 saturated heterocycles. The standard InChI is InChI=1S/C20H19N3O/c1-14(15-9-11-18(21)12-10-15)22-23-20(24)13-17-7-4-6-16-5-2-3-8-19(16)17/h2-12H,13,21H2,1H3,(H,23,24)/b22-14+. The Bertz CT molecular complexity index is 893. The Hall–Kier alpha value is -3.14. The maximum Gasteiger partial charge on any atom is 0.244 e. The predicted molar refractivity (Wildman–Crippen MR) is 98.9 cm³/mol. The van der Waals surface area contributed by atoms with Gasteiger partial charge in [0.1, 0.15) is 0 Å². The molecule has 3 aromatic rings. The van der Waals surface area contributed by atoms with Crippen molar-refractivity contribution in [3.8, 4) is 0 Å². The van der Waals surface area contributed by atoms with Crippen LogP contribution in [-0.4, -0.2) is 11.6 Å². The van der Waals surface area contributed by atoms with E-state index < -0.39 is 0 Å². The molecule has 0 bridgehead atoms.